The summed E-state index contributed by atoms with van der Waals surface area (Å²) in [6.45, 7) is 0. The van der Waals surface area contributed by atoms with Gasteiger partial charge in [0.2, 0.25) is 0 Å². The van der Waals surface area contributed by atoms with Gasteiger partial charge in [-0.3, -0.25) is 0 Å². The van der Waals surface area contributed by atoms with Gasteiger partial charge in [-0.25, -0.2) is 0 Å². The topological polar surface area (TPSA) is 9.23 Å². The Morgan fingerprint density at radius 3 is 1.25 bits per heavy atom. The maximum absolute atomic E-state index is 4.25. The molecule has 2 heteroatoms. The van der Waals surface area contributed by atoms with Gasteiger partial charge in [-0.2, -0.15) is 0 Å². The van der Waals surface area contributed by atoms with Gasteiger partial charge in [0.1, 0.15) is 0 Å². The third-order valence-corrected chi connectivity index (χ3v) is 0. The van der Waals surface area contributed by atoms with Gasteiger partial charge in [-0.15, -0.1) is 0 Å². The van der Waals surface area contributed by atoms with Crippen LogP contribution in [0.15, 0.2) is 0 Å². The molecule has 0 bridgehead atoms. The predicted molar refractivity (Wildman–Crippen MR) is 20.1 cm³/mol. The van der Waals surface area contributed by atoms with Crippen molar-refractivity contribution in [2.24, 2.45) is 0 Å². The van der Waals surface area contributed by atoms with Crippen molar-refractivity contribution in [1.29, 1.82) is 0 Å². The van der Waals surface area contributed by atoms with Crippen molar-refractivity contribution >= 4 is 68.9 Å². The molecule has 0 saturated carbocycles. The summed E-state index contributed by atoms with van der Waals surface area (Å²) in [4.78, 5) is 0. The van der Waals surface area contributed by atoms with E-state index in [1.54, 1.807) is 14.2 Å². The number of ether oxygens (including phenoxy) is 1. The van der Waals surface area contributed by atoms with Crippen molar-refractivity contribution in [1.82, 2.24) is 0 Å². The van der Waals surface area contributed by atoms with Crippen molar-refractivity contribution in [2.75, 3.05) is 14.2 Å². The van der Waals surface area contributed by atoms with Crippen LogP contribution in [-0.4, -0.2) is 83.1 Å². The molecule has 0 N–H and O–H groups in total. The van der Waals surface area contributed by atoms with Crippen molar-refractivity contribution in [3.63, 3.8) is 0 Å². The van der Waals surface area contributed by atoms with E-state index in [2.05, 4.69) is 4.74 Å². The van der Waals surface area contributed by atoms with Gasteiger partial charge in [0, 0.05) is 14.2 Å². The number of hydrogen-bond acceptors (Lipinski definition) is 1. The Kier molecular flexibility index (Phi) is 20.9. The fourth-order valence-corrected chi connectivity index (χ4v) is 0. The molecule has 0 radical (unpaired) electrons. The standard InChI is InChI=1S/C2H6O.Cs.H/c1-3-2;;/h1-2H3;;. The molecule has 0 saturated heterocycles. The second-order valence-corrected chi connectivity index (χ2v) is 0.408. The van der Waals surface area contributed by atoms with E-state index < -0.39 is 0 Å². The first-order valence-corrected chi connectivity index (χ1v) is 0.816. The zero-order valence-corrected chi connectivity index (χ0v) is 2.41. The Balaban J connectivity index is 0. The summed E-state index contributed by atoms with van der Waals surface area (Å²) in [6, 6.07) is 0. The van der Waals surface area contributed by atoms with Gasteiger partial charge in [0.25, 0.3) is 0 Å². The van der Waals surface area contributed by atoms with Gasteiger partial charge in [-0.05, 0) is 0 Å². The number of hydrogen-bond donors (Lipinski definition) is 0. The first-order valence-electron chi connectivity index (χ1n) is 0.816. The van der Waals surface area contributed by atoms with Crippen LogP contribution in [0.4, 0.5) is 0 Å². The van der Waals surface area contributed by atoms with Gasteiger partial charge < -0.3 is 4.74 Å². The molecule has 0 fully saturated rings. The quantitative estimate of drug-likeness (QED) is 0.493. The van der Waals surface area contributed by atoms with Crippen LogP contribution in [0, 0.1) is 0 Å². The molecule has 0 amide bonds. The molecule has 0 aromatic heterocycles. The summed E-state index contributed by atoms with van der Waals surface area (Å²) in [7, 11) is 3.25. The van der Waals surface area contributed by atoms with Crippen molar-refractivity contribution < 1.29 is 4.74 Å². The molecule has 0 spiro atoms. The molecule has 0 rings (SSSR count). The van der Waals surface area contributed by atoms with E-state index in [4.69, 9.17) is 0 Å². The van der Waals surface area contributed by atoms with Crippen LogP contribution in [0.5, 0.6) is 0 Å². The van der Waals surface area contributed by atoms with Crippen molar-refractivity contribution in [2.45, 2.75) is 0 Å². The molecule has 0 aromatic rings. The third-order valence-electron chi connectivity index (χ3n) is 0. The first kappa shape index (κ1) is 9.38. The van der Waals surface area contributed by atoms with E-state index >= 15 is 0 Å². The fraction of sp³-hybridized carbons (Fsp3) is 1.00. The second-order valence-electron chi connectivity index (χ2n) is 0.408. The van der Waals surface area contributed by atoms with Crippen LogP contribution < -0.4 is 0 Å². The zero-order valence-electron chi connectivity index (χ0n) is 2.41. The summed E-state index contributed by atoms with van der Waals surface area (Å²) in [5, 5.41) is 0. The Morgan fingerprint density at radius 1 is 1.25 bits per heavy atom. The third kappa shape index (κ3) is 8.99. The normalized spacial score (nSPS) is 4.50. The van der Waals surface area contributed by atoms with E-state index in [0.717, 1.165) is 0 Å². The molecule has 0 aromatic carbocycles. The van der Waals surface area contributed by atoms with Gasteiger partial charge in [-0.1, -0.05) is 0 Å². The molecule has 0 aliphatic carbocycles. The molecule has 0 aliphatic heterocycles. The monoisotopic (exact) mass is 180 g/mol. The van der Waals surface area contributed by atoms with E-state index in [1.807, 2.05) is 0 Å². The average molecular weight is 180 g/mol. The summed E-state index contributed by atoms with van der Waals surface area (Å²) in [6.07, 6.45) is 0. The summed E-state index contributed by atoms with van der Waals surface area (Å²) in [5.41, 5.74) is 0. The average Bonchev–Trinajstić information content (AvgIpc) is 0.918. The van der Waals surface area contributed by atoms with E-state index in [9.17, 15) is 0 Å². The Morgan fingerprint density at radius 2 is 1.25 bits per heavy atom. The Hall–Kier alpha value is 2.01. The number of methoxy groups -OCH3 is 1. The molecule has 0 unspecified atom stereocenters. The van der Waals surface area contributed by atoms with Crippen LogP contribution in [0.3, 0.4) is 0 Å². The van der Waals surface area contributed by atoms with Crippen LogP contribution in [0.25, 0.3) is 0 Å². The van der Waals surface area contributed by atoms with Crippen LogP contribution >= 0.6 is 0 Å². The second kappa shape index (κ2) is 8.89. The summed E-state index contributed by atoms with van der Waals surface area (Å²) in [5.74, 6) is 0. The van der Waals surface area contributed by atoms with Crippen LogP contribution in [0.2, 0.25) is 0 Å². The van der Waals surface area contributed by atoms with E-state index in [-0.39, 0.29) is 68.9 Å². The molecular formula is C2H7CsO. The summed E-state index contributed by atoms with van der Waals surface area (Å²) < 4.78 is 4.25. The van der Waals surface area contributed by atoms with E-state index in [0.29, 0.717) is 0 Å². The number of rotatable bonds is 0. The van der Waals surface area contributed by atoms with Gasteiger partial charge >= 0.3 is 68.9 Å². The SMILES string of the molecule is COC.[CsH]. The maximum atomic E-state index is 4.25. The molecule has 0 heterocycles. The molecule has 0 atom stereocenters. The molecule has 0 aliphatic rings. The zero-order chi connectivity index (χ0) is 2.71. The van der Waals surface area contributed by atoms with E-state index in [1.165, 1.54) is 0 Å². The molecule has 22 valence electrons. The van der Waals surface area contributed by atoms with Crippen molar-refractivity contribution in [3.05, 3.63) is 0 Å². The van der Waals surface area contributed by atoms with Crippen molar-refractivity contribution in [3.8, 4) is 0 Å². The Bertz CT molecular complexity index is 6.00. The fourth-order valence-electron chi connectivity index (χ4n) is 0. The summed E-state index contributed by atoms with van der Waals surface area (Å²) >= 11 is 0. The van der Waals surface area contributed by atoms with Crippen LogP contribution in [-0.2, 0) is 4.74 Å². The van der Waals surface area contributed by atoms with Crippen LogP contribution in [0.1, 0.15) is 0 Å². The molecular weight excluding hydrogens is 173 g/mol. The molecule has 1 nitrogen and oxygen atoms in total. The minimum absolute atomic E-state index is 0. The van der Waals surface area contributed by atoms with Gasteiger partial charge in [0.05, 0.1) is 0 Å². The molecule has 4 heavy (non-hydrogen) atoms. The van der Waals surface area contributed by atoms with Gasteiger partial charge in [0.15, 0.2) is 0 Å². The predicted octanol–water partition coefficient (Wildman–Crippen LogP) is -0.386. The minimum atomic E-state index is 0. The first-order chi connectivity index (χ1) is 1.41. The Labute approximate surface area is 85.5 Å².